The van der Waals surface area contributed by atoms with Crippen LogP contribution in [0.15, 0.2) is 89.8 Å². The van der Waals surface area contributed by atoms with E-state index >= 15 is 0 Å². The van der Waals surface area contributed by atoms with Gasteiger partial charge in [0.1, 0.15) is 5.75 Å². The summed E-state index contributed by atoms with van der Waals surface area (Å²) >= 11 is 0. The van der Waals surface area contributed by atoms with Crippen LogP contribution in [-0.2, 0) is 19.6 Å². The summed E-state index contributed by atoms with van der Waals surface area (Å²) in [6.45, 7) is 6.38. The molecule has 0 radical (unpaired) electrons. The second kappa shape index (κ2) is 13.4. The third kappa shape index (κ3) is 8.45. The fraction of sp³-hybridized carbons (Fsp3) is 0.333. The summed E-state index contributed by atoms with van der Waals surface area (Å²) in [5.74, 6) is -0.0441. The van der Waals surface area contributed by atoms with Gasteiger partial charge in [-0.1, -0.05) is 60.7 Å². The molecule has 0 unspecified atom stereocenters. The Morgan fingerprint density at radius 2 is 1.43 bits per heavy atom. The van der Waals surface area contributed by atoms with Gasteiger partial charge in [-0.2, -0.15) is 8.42 Å². The molecule has 0 spiro atoms. The lowest BCUT2D eigenvalue weighted by atomic mass is 9.95. The predicted octanol–water partition coefficient (Wildman–Crippen LogP) is 4.87. The van der Waals surface area contributed by atoms with Gasteiger partial charge in [-0.25, -0.2) is 0 Å². The lowest BCUT2D eigenvalue weighted by Gasteiger charge is -2.36. The van der Waals surface area contributed by atoms with Crippen LogP contribution in [0.25, 0.3) is 0 Å². The number of phenolic OH excluding ortho intramolecular Hbond substituents is 1. The van der Waals surface area contributed by atoms with Gasteiger partial charge >= 0.3 is 0 Å². The van der Waals surface area contributed by atoms with E-state index in [0.29, 0.717) is 6.04 Å². The highest BCUT2D eigenvalue weighted by molar-refractivity contribution is 7.85. The van der Waals surface area contributed by atoms with Gasteiger partial charge in [0, 0.05) is 25.7 Å². The summed E-state index contributed by atoms with van der Waals surface area (Å²) in [6, 6.07) is 26.3. The highest BCUT2D eigenvalue weighted by atomic mass is 32.2. The molecular formula is C27H33NO6S. The number of hydrogen-bond donors (Lipinski definition) is 2. The van der Waals surface area contributed by atoms with E-state index in [9.17, 15) is 8.42 Å². The van der Waals surface area contributed by atoms with Crippen LogP contribution in [0.1, 0.15) is 36.6 Å². The van der Waals surface area contributed by atoms with Gasteiger partial charge in [-0.3, -0.25) is 9.45 Å². The zero-order chi connectivity index (χ0) is 25.1. The van der Waals surface area contributed by atoms with Gasteiger partial charge < -0.3 is 14.6 Å². The fourth-order valence-corrected chi connectivity index (χ4v) is 4.53. The maximum Gasteiger partial charge on any atom is 0.294 e. The Hall–Kier alpha value is -2.75. The highest BCUT2D eigenvalue weighted by Gasteiger charge is 2.26. The van der Waals surface area contributed by atoms with Crippen molar-refractivity contribution in [1.29, 1.82) is 0 Å². The van der Waals surface area contributed by atoms with E-state index in [1.807, 2.05) is 0 Å². The highest BCUT2D eigenvalue weighted by Crippen LogP contribution is 2.33. The lowest BCUT2D eigenvalue weighted by molar-refractivity contribution is -0.0116. The van der Waals surface area contributed by atoms with Crippen molar-refractivity contribution in [2.75, 3.05) is 32.9 Å². The van der Waals surface area contributed by atoms with Crippen molar-refractivity contribution in [3.8, 4) is 5.75 Å². The minimum absolute atomic E-state index is 0.0441. The Morgan fingerprint density at radius 3 is 1.94 bits per heavy atom. The number of hydrogen-bond acceptors (Lipinski definition) is 6. The normalized spacial score (nSPS) is 16.1. The standard InChI is InChI=1S/C21H27NO2.C6H6O4S/c1-2-24-21(19-11-7-4-8-12-19)17-20(18-9-5-3-6-10-18)22-13-15-23-16-14-22;7-5-1-3-6(4-2-5)11(8,9)10/h3-12,20-21H,2,13-17H2,1H3;1-4,7H,(H,8,9,10)/t20-,21+;/m0./s1. The molecule has 0 amide bonds. The molecule has 2 N–H and O–H groups in total. The molecule has 3 aromatic rings. The Morgan fingerprint density at radius 1 is 0.886 bits per heavy atom. The van der Waals surface area contributed by atoms with E-state index in [4.69, 9.17) is 19.1 Å². The van der Waals surface area contributed by atoms with E-state index in [1.54, 1.807) is 0 Å². The monoisotopic (exact) mass is 499 g/mol. The lowest BCUT2D eigenvalue weighted by Crippen LogP contribution is -2.39. The number of nitrogens with zero attached hydrogens (tertiary/aromatic N) is 1. The van der Waals surface area contributed by atoms with Gasteiger partial charge in [-0.05, 0) is 48.7 Å². The van der Waals surface area contributed by atoms with E-state index in [1.165, 1.54) is 23.3 Å². The van der Waals surface area contributed by atoms with Gasteiger partial charge in [0.15, 0.2) is 0 Å². The quantitative estimate of drug-likeness (QED) is 0.427. The Kier molecular flexibility index (Phi) is 10.3. The summed E-state index contributed by atoms with van der Waals surface area (Å²) in [5, 5.41) is 8.75. The summed E-state index contributed by atoms with van der Waals surface area (Å²) in [7, 11) is -4.13. The molecular weight excluding hydrogens is 466 g/mol. The maximum absolute atomic E-state index is 10.4. The molecule has 0 bridgehead atoms. The smallest absolute Gasteiger partial charge is 0.294 e. The second-order valence-corrected chi connectivity index (χ2v) is 9.56. The van der Waals surface area contributed by atoms with E-state index in [0.717, 1.165) is 51.5 Å². The molecule has 1 aliphatic heterocycles. The number of aromatic hydroxyl groups is 1. The first kappa shape index (κ1) is 26.8. The van der Waals surface area contributed by atoms with Crippen molar-refractivity contribution in [2.45, 2.75) is 30.4 Å². The number of benzene rings is 3. The molecule has 7 nitrogen and oxygen atoms in total. The van der Waals surface area contributed by atoms with Crippen molar-refractivity contribution in [3.05, 3.63) is 96.1 Å². The first-order valence-corrected chi connectivity index (χ1v) is 13.1. The average Bonchev–Trinajstić information content (AvgIpc) is 2.88. The molecule has 1 fully saturated rings. The molecule has 1 heterocycles. The van der Waals surface area contributed by atoms with Crippen LogP contribution in [0.4, 0.5) is 0 Å². The van der Waals surface area contributed by atoms with E-state index in [-0.39, 0.29) is 16.7 Å². The van der Waals surface area contributed by atoms with Gasteiger partial charge in [-0.15, -0.1) is 0 Å². The maximum atomic E-state index is 10.4. The van der Waals surface area contributed by atoms with Crippen LogP contribution in [0, 0.1) is 0 Å². The summed E-state index contributed by atoms with van der Waals surface area (Å²) in [6.07, 6.45) is 1.08. The van der Waals surface area contributed by atoms with Crippen molar-refractivity contribution in [2.24, 2.45) is 0 Å². The van der Waals surface area contributed by atoms with Crippen molar-refractivity contribution in [1.82, 2.24) is 4.90 Å². The number of morpholine rings is 1. The largest absolute Gasteiger partial charge is 0.508 e. The van der Waals surface area contributed by atoms with Crippen LogP contribution < -0.4 is 0 Å². The third-order valence-electron chi connectivity index (χ3n) is 5.78. The molecule has 0 aliphatic carbocycles. The van der Waals surface area contributed by atoms with Gasteiger partial charge in [0.25, 0.3) is 10.1 Å². The Labute approximate surface area is 207 Å². The van der Waals surface area contributed by atoms with Gasteiger partial charge in [0.2, 0.25) is 0 Å². The van der Waals surface area contributed by atoms with Gasteiger partial charge in [0.05, 0.1) is 24.2 Å². The molecule has 35 heavy (non-hydrogen) atoms. The topological polar surface area (TPSA) is 96.3 Å². The van der Waals surface area contributed by atoms with Crippen LogP contribution >= 0.6 is 0 Å². The number of rotatable bonds is 8. The molecule has 3 aromatic carbocycles. The molecule has 1 saturated heterocycles. The Balaban J connectivity index is 0.000000261. The summed E-state index contributed by atoms with van der Waals surface area (Å²) in [5.41, 5.74) is 2.62. The summed E-state index contributed by atoms with van der Waals surface area (Å²) < 4.78 is 41.0. The summed E-state index contributed by atoms with van der Waals surface area (Å²) in [4.78, 5) is 2.31. The molecule has 4 rings (SSSR count). The Bertz CT molecular complexity index is 1100. The van der Waals surface area contributed by atoms with Crippen LogP contribution in [-0.4, -0.2) is 55.9 Å². The molecule has 188 valence electrons. The molecule has 8 heteroatoms. The third-order valence-corrected chi connectivity index (χ3v) is 6.65. The predicted molar refractivity (Wildman–Crippen MR) is 135 cm³/mol. The molecule has 2 atom stereocenters. The average molecular weight is 500 g/mol. The van der Waals surface area contributed by atoms with Crippen molar-refractivity contribution < 1.29 is 27.6 Å². The van der Waals surface area contributed by atoms with E-state index in [2.05, 4.69) is 72.5 Å². The number of ether oxygens (including phenoxy) is 2. The number of phenols is 1. The molecule has 0 saturated carbocycles. The zero-order valence-corrected chi connectivity index (χ0v) is 20.7. The first-order chi connectivity index (χ1) is 16.9. The fourth-order valence-electron chi connectivity index (χ4n) is 4.05. The SMILES string of the molecule is CCO[C@H](C[C@@H](c1ccccc1)N1CCOCC1)c1ccccc1.O=S(=O)(O)c1ccc(O)cc1. The minimum Gasteiger partial charge on any atom is -0.508 e. The second-order valence-electron chi connectivity index (χ2n) is 8.13. The van der Waals surface area contributed by atoms with Crippen LogP contribution in [0.5, 0.6) is 5.75 Å². The van der Waals surface area contributed by atoms with Crippen LogP contribution in [0.3, 0.4) is 0 Å². The zero-order valence-electron chi connectivity index (χ0n) is 19.9. The van der Waals surface area contributed by atoms with E-state index < -0.39 is 10.1 Å². The van der Waals surface area contributed by atoms with Crippen molar-refractivity contribution >= 4 is 10.1 Å². The van der Waals surface area contributed by atoms with Crippen LogP contribution in [0.2, 0.25) is 0 Å². The minimum atomic E-state index is -4.13. The molecule has 0 aromatic heterocycles. The molecule has 1 aliphatic rings. The van der Waals surface area contributed by atoms with Crippen molar-refractivity contribution in [3.63, 3.8) is 0 Å². The first-order valence-electron chi connectivity index (χ1n) is 11.7.